The van der Waals surface area contributed by atoms with Crippen molar-refractivity contribution in [2.75, 3.05) is 51.0 Å². The molecular weight excluding hydrogens is 1020 g/mol. The summed E-state index contributed by atoms with van der Waals surface area (Å²) in [6.45, 7) is 4.14. The number of benzene rings is 2. The maximum Gasteiger partial charge on any atom is 0.271 e. The molecule has 1 aliphatic heterocycles. The highest BCUT2D eigenvalue weighted by atomic mass is 32.1. The number of morpholine rings is 1. The fourth-order valence-corrected chi connectivity index (χ4v) is 12.8. The van der Waals surface area contributed by atoms with Crippen molar-refractivity contribution in [2.45, 2.75) is 63.7 Å². The van der Waals surface area contributed by atoms with Crippen molar-refractivity contribution in [3.05, 3.63) is 163 Å². The quantitative estimate of drug-likeness (QED) is 0.0809. The first-order valence-electron chi connectivity index (χ1n) is 24.6. The second-order valence-electron chi connectivity index (χ2n) is 18.4. The molecule has 1 saturated heterocycles. The standard InChI is InChI=1S/C28H28N6O3S2.C26H26N6O2S2/c35-25(33-28-32-22-7-6-21(14-24(22)39-28)34-9-11-37-12-10-34)19-4-1-3-18(13-19)15-30-26(36)23-17-38-27(31-23)20-5-2-8-29-16-20;1-32(2)19-6-7-20-22(13-19)36-26(30-20)31-23(33)18-5-3-4-16(12-18)14-28-24(34)21-15-35-25(29-21)17-8-10-27-11-9-17/h1-5,8,13,16-17,21H,6-7,9-12,14-15H2,(H,30,36)(H,32,33,35);3-5,8-12,15,19H,6-7,13-14H2,1-2H3,(H,28,34)(H,30,31,33)/t21-;19-/m00/s1. The molecule has 2 aromatic carbocycles. The van der Waals surface area contributed by atoms with E-state index in [1.54, 1.807) is 82.5 Å². The summed E-state index contributed by atoms with van der Waals surface area (Å²) in [5.41, 5.74) is 7.41. The maximum atomic E-state index is 13.0. The minimum atomic E-state index is -0.264. The number of carbonyl (C=O) groups excluding carboxylic acids is 4. The molecule has 6 aromatic heterocycles. The molecule has 0 spiro atoms. The number of thiazole rings is 4. The Labute approximate surface area is 449 Å². The van der Waals surface area contributed by atoms with E-state index >= 15 is 0 Å². The lowest BCUT2D eigenvalue weighted by Crippen LogP contribution is -2.45. The number of nitrogens with one attached hydrogen (secondary N) is 4. The minimum absolute atomic E-state index is 0.208. The van der Waals surface area contributed by atoms with E-state index in [0.29, 0.717) is 51.4 Å². The molecule has 2 aliphatic carbocycles. The van der Waals surface area contributed by atoms with Crippen LogP contribution in [0.4, 0.5) is 10.3 Å². The smallest absolute Gasteiger partial charge is 0.271 e. The second-order valence-corrected chi connectivity index (χ2v) is 22.3. The van der Waals surface area contributed by atoms with Crippen molar-refractivity contribution in [3.63, 3.8) is 0 Å². The SMILES string of the molecule is CN(C)[C@H]1CCc2nc(NC(=O)c3cccc(CNC(=O)c4csc(-c5ccncc5)n4)c3)sc2C1.O=C(Nc1nc2c(s1)C[C@@H](N1CCOCC1)CC2)c1cccc(CNC(=O)c2csc(-c3cccnc3)n2)c1. The van der Waals surface area contributed by atoms with Crippen LogP contribution < -0.4 is 21.3 Å². The van der Waals surface area contributed by atoms with Gasteiger partial charge in [0.15, 0.2) is 10.3 Å². The number of hydrogen-bond acceptors (Lipinski definition) is 17. The van der Waals surface area contributed by atoms with Crippen LogP contribution in [-0.4, -0.2) is 116 Å². The van der Waals surface area contributed by atoms with Crippen molar-refractivity contribution in [1.82, 2.24) is 50.3 Å². The van der Waals surface area contributed by atoms with Gasteiger partial charge in [0.2, 0.25) is 0 Å². The Balaban J connectivity index is 0.000000172. The molecule has 3 aliphatic rings. The van der Waals surface area contributed by atoms with Crippen LogP contribution in [-0.2, 0) is 43.5 Å². The fourth-order valence-electron chi connectivity index (χ4n) is 9.05. The van der Waals surface area contributed by atoms with Crippen LogP contribution in [0.25, 0.3) is 21.1 Å². The maximum absolute atomic E-state index is 13.0. The summed E-state index contributed by atoms with van der Waals surface area (Å²) >= 11 is 5.94. The van der Waals surface area contributed by atoms with E-state index in [9.17, 15) is 19.2 Å². The molecule has 17 nitrogen and oxygen atoms in total. The van der Waals surface area contributed by atoms with Crippen LogP contribution in [0, 0.1) is 0 Å². The predicted octanol–water partition coefficient (Wildman–Crippen LogP) is 8.30. The van der Waals surface area contributed by atoms with Gasteiger partial charge in [-0.1, -0.05) is 24.3 Å². The minimum Gasteiger partial charge on any atom is -0.379 e. The van der Waals surface area contributed by atoms with Crippen LogP contribution in [0.15, 0.2) is 108 Å². The normalized spacial score (nSPS) is 16.2. The molecule has 0 saturated carbocycles. The van der Waals surface area contributed by atoms with Gasteiger partial charge < -0.3 is 20.3 Å². The molecule has 4 N–H and O–H groups in total. The third-order valence-electron chi connectivity index (χ3n) is 13.2. The summed E-state index contributed by atoms with van der Waals surface area (Å²) in [6.07, 6.45) is 12.8. The summed E-state index contributed by atoms with van der Waals surface area (Å²) in [5.74, 6) is -0.939. The van der Waals surface area contributed by atoms with Crippen LogP contribution in [0.1, 0.15) is 86.8 Å². The first kappa shape index (κ1) is 51.5. The average molecular weight is 1080 g/mol. The highest BCUT2D eigenvalue weighted by Gasteiger charge is 2.29. The molecule has 11 rings (SSSR count). The van der Waals surface area contributed by atoms with Gasteiger partial charge in [0.1, 0.15) is 21.4 Å². The summed E-state index contributed by atoms with van der Waals surface area (Å²) in [5, 5.41) is 18.0. The molecule has 21 heteroatoms. The van der Waals surface area contributed by atoms with Gasteiger partial charge in [0, 0.05) is 106 Å². The number of nitrogens with zero attached hydrogens (tertiary/aromatic N) is 8. The van der Waals surface area contributed by atoms with Gasteiger partial charge in [-0.15, -0.1) is 45.3 Å². The third-order valence-corrected chi connectivity index (χ3v) is 17.0. The van der Waals surface area contributed by atoms with Crippen molar-refractivity contribution in [3.8, 4) is 21.1 Å². The number of fused-ring (bicyclic) bond motifs is 2. The van der Waals surface area contributed by atoms with E-state index in [0.717, 1.165) is 108 Å². The number of aryl methyl sites for hydroxylation is 2. The zero-order chi connectivity index (χ0) is 51.7. The van der Waals surface area contributed by atoms with Crippen molar-refractivity contribution in [2.24, 2.45) is 0 Å². The predicted molar refractivity (Wildman–Crippen MR) is 294 cm³/mol. The number of pyridine rings is 2. The van der Waals surface area contributed by atoms with Gasteiger partial charge in [-0.25, -0.2) is 19.9 Å². The molecule has 0 unspecified atom stereocenters. The molecule has 384 valence electrons. The van der Waals surface area contributed by atoms with Crippen LogP contribution >= 0.6 is 45.3 Å². The number of amides is 4. The Bertz CT molecular complexity index is 3280. The Morgan fingerprint density at radius 1 is 0.640 bits per heavy atom. The highest BCUT2D eigenvalue weighted by molar-refractivity contribution is 7.16. The van der Waals surface area contributed by atoms with Gasteiger partial charge in [0.05, 0.1) is 24.6 Å². The molecule has 0 radical (unpaired) electrons. The molecule has 4 amide bonds. The lowest BCUT2D eigenvalue weighted by molar-refractivity contribution is 0.0139. The number of anilines is 2. The molecule has 2 atom stereocenters. The van der Waals surface area contributed by atoms with Gasteiger partial charge in [0.25, 0.3) is 23.6 Å². The van der Waals surface area contributed by atoms with Crippen LogP contribution in [0.5, 0.6) is 0 Å². The van der Waals surface area contributed by atoms with Crippen molar-refractivity contribution >= 4 is 79.2 Å². The zero-order valence-corrected chi connectivity index (χ0v) is 44.6. The molecule has 8 aromatic rings. The zero-order valence-electron chi connectivity index (χ0n) is 41.3. The first-order chi connectivity index (χ1) is 36.6. The Morgan fingerprint density at radius 3 is 1.79 bits per heavy atom. The van der Waals surface area contributed by atoms with E-state index in [1.165, 1.54) is 32.4 Å². The number of hydrogen-bond donors (Lipinski definition) is 4. The lowest BCUT2D eigenvalue weighted by atomic mass is 9.96. The topological polar surface area (TPSA) is 209 Å². The molecule has 1 fully saturated rings. The van der Waals surface area contributed by atoms with E-state index < -0.39 is 0 Å². The van der Waals surface area contributed by atoms with E-state index in [1.807, 2.05) is 48.5 Å². The molecular formula is C54H54N12O5S4. The largest absolute Gasteiger partial charge is 0.379 e. The number of likely N-dealkylation sites (N-methyl/N-ethyl adjacent to an activating group) is 1. The highest BCUT2D eigenvalue weighted by Crippen LogP contribution is 2.34. The van der Waals surface area contributed by atoms with E-state index in [2.05, 4.69) is 70.1 Å². The van der Waals surface area contributed by atoms with Crippen molar-refractivity contribution < 1.29 is 23.9 Å². The molecule has 75 heavy (non-hydrogen) atoms. The van der Waals surface area contributed by atoms with Gasteiger partial charge >= 0.3 is 0 Å². The summed E-state index contributed by atoms with van der Waals surface area (Å²) in [6, 6.07) is 23.0. The Morgan fingerprint density at radius 2 is 1.21 bits per heavy atom. The van der Waals surface area contributed by atoms with Gasteiger partial charge in [-0.3, -0.25) is 44.7 Å². The fraction of sp³-hybridized carbons (Fsp3) is 0.296. The van der Waals surface area contributed by atoms with E-state index in [4.69, 9.17) is 9.72 Å². The molecule has 0 bridgehead atoms. The van der Waals surface area contributed by atoms with Gasteiger partial charge in [-0.05, 0) is 112 Å². The number of aromatic nitrogens is 6. The average Bonchev–Trinajstić information content (AvgIpc) is 4.30. The first-order valence-corrected chi connectivity index (χ1v) is 28.0. The van der Waals surface area contributed by atoms with E-state index in [-0.39, 0.29) is 30.2 Å². The Kier molecular flexibility index (Phi) is 16.6. The summed E-state index contributed by atoms with van der Waals surface area (Å²) in [4.78, 5) is 84.8. The number of carbonyl (C=O) groups is 4. The Hall–Kier alpha value is -6.98. The van der Waals surface area contributed by atoms with Crippen molar-refractivity contribution in [1.29, 1.82) is 0 Å². The summed E-state index contributed by atoms with van der Waals surface area (Å²) < 4.78 is 5.50. The number of rotatable bonds is 14. The molecule has 7 heterocycles. The van der Waals surface area contributed by atoms with Crippen LogP contribution in [0.2, 0.25) is 0 Å². The lowest BCUT2D eigenvalue weighted by Gasteiger charge is -2.36. The van der Waals surface area contributed by atoms with Gasteiger partial charge in [-0.2, -0.15) is 0 Å². The second kappa shape index (κ2) is 24.1. The monoisotopic (exact) mass is 1080 g/mol. The number of ether oxygens (including phenoxy) is 1. The summed E-state index contributed by atoms with van der Waals surface area (Å²) in [7, 11) is 4.21. The van der Waals surface area contributed by atoms with Crippen LogP contribution in [0.3, 0.4) is 0 Å². The third kappa shape index (κ3) is 13.1.